The minimum absolute atomic E-state index is 0.0182. The van der Waals surface area contributed by atoms with Crippen LogP contribution in [0.5, 0.6) is 0 Å². The normalized spacial score (nSPS) is 16.4. The molecule has 0 bridgehead atoms. The van der Waals surface area contributed by atoms with Crippen molar-refractivity contribution in [1.82, 2.24) is 4.90 Å². The van der Waals surface area contributed by atoms with E-state index in [9.17, 15) is 19.1 Å². The summed E-state index contributed by atoms with van der Waals surface area (Å²) in [6, 6.07) is 14.1. The number of rotatable bonds is 10. The van der Waals surface area contributed by atoms with Gasteiger partial charge in [0.1, 0.15) is 5.82 Å². The van der Waals surface area contributed by atoms with E-state index >= 15 is 0 Å². The van der Waals surface area contributed by atoms with Gasteiger partial charge in [0, 0.05) is 13.0 Å². The van der Waals surface area contributed by atoms with E-state index in [4.69, 9.17) is 9.84 Å². The molecule has 7 heteroatoms. The van der Waals surface area contributed by atoms with Gasteiger partial charge in [-0.2, -0.15) is 0 Å². The number of ketones is 1. The van der Waals surface area contributed by atoms with Crippen LogP contribution in [0.1, 0.15) is 23.6 Å². The molecule has 2 N–H and O–H groups in total. The SMILES string of the molecule is O=C(CCc1ccccc1)C1=C(O)C(=O)N(CCOCCO)C1c1ccc(F)cc1. The first-order chi connectivity index (χ1) is 14.5. The van der Waals surface area contributed by atoms with Crippen LogP contribution in [-0.4, -0.2) is 53.2 Å². The number of carbonyl (C=O) groups excluding carboxylic acids is 2. The zero-order valence-corrected chi connectivity index (χ0v) is 16.5. The Morgan fingerprint density at radius 1 is 1.07 bits per heavy atom. The molecule has 6 nitrogen and oxygen atoms in total. The molecule has 0 saturated heterocycles. The topological polar surface area (TPSA) is 87.1 Å². The highest BCUT2D eigenvalue weighted by Crippen LogP contribution is 2.38. The number of amides is 1. The number of aliphatic hydroxyl groups is 2. The molecular formula is C23H24FNO5. The van der Waals surface area contributed by atoms with Gasteiger partial charge in [0.05, 0.1) is 31.4 Å². The largest absolute Gasteiger partial charge is 0.503 e. The Hall–Kier alpha value is -3.03. The van der Waals surface area contributed by atoms with Crippen LogP contribution in [0, 0.1) is 5.82 Å². The second-order valence-electron chi connectivity index (χ2n) is 6.96. The van der Waals surface area contributed by atoms with Gasteiger partial charge in [0.25, 0.3) is 5.91 Å². The van der Waals surface area contributed by atoms with Crippen molar-refractivity contribution in [3.05, 3.63) is 82.9 Å². The van der Waals surface area contributed by atoms with Crippen molar-refractivity contribution in [2.24, 2.45) is 0 Å². The Balaban J connectivity index is 1.84. The molecule has 1 aliphatic rings. The Labute approximate surface area is 174 Å². The van der Waals surface area contributed by atoms with Crippen molar-refractivity contribution < 1.29 is 28.9 Å². The van der Waals surface area contributed by atoms with Crippen LogP contribution in [0.15, 0.2) is 65.9 Å². The molecule has 0 spiro atoms. The highest BCUT2D eigenvalue weighted by atomic mass is 19.1. The Morgan fingerprint density at radius 2 is 1.77 bits per heavy atom. The number of aryl methyl sites for hydroxylation is 1. The minimum Gasteiger partial charge on any atom is -0.503 e. The predicted molar refractivity (Wildman–Crippen MR) is 108 cm³/mol. The second kappa shape index (κ2) is 10.1. The van der Waals surface area contributed by atoms with E-state index in [-0.39, 0.29) is 44.1 Å². The minimum atomic E-state index is -0.820. The van der Waals surface area contributed by atoms with E-state index in [1.165, 1.54) is 29.2 Å². The first kappa shape index (κ1) is 21.7. The van der Waals surface area contributed by atoms with Crippen LogP contribution in [0.2, 0.25) is 0 Å². The average Bonchev–Trinajstić information content (AvgIpc) is 3.01. The van der Waals surface area contributed by atoms with Gasteiger partial charge >= 0.3 is 0 Å². The van der Waals surface area contributed by atoms with Gasteiger partial charge in [-0.05, 0) is 29.7 Å². The van der Waals surface area contributed by atoms with Crippen molar-refractivity contribution in [1.29, 1.82) is 0 Å². The van der Waals surface area contributed by atoms with E-state index in [1.807, 2.05) is 30.3 Å². The molecule has 0 radical (unpaired) electrons. The van der Waals surface area contributed by atoms with Crippen LogP contribution >= 0.6 is 0 Å². The fourth-order valence-corrected chi connectivity index (χ4v) is 3.53. The van der Waals surface area contributed by atoms with E-state index < -0.39 is 23.5 Å². The summed E-state index contributed by atoms with van der Waals surface area (Å²) >= 11 is 0. The van der Waals surface area contributed by atoms with Crippen molar-refractivity contribution in [3.8, 4) is 0 Å². The maximum absolute atomic E-state index is 13.4. The Morgan fingerprint density at radius 3 is 2.43 bits per heavy atom. The molecule has 2 aromatic carbocycles. The zero-order chi connectivity index (χ0) is 21.5. The lowest BCUT2D eigenvalue weighted by atomic mass is 9.93. The number of Topliss-reactive ketones (excluding diaryl/α,β-unsaturated/α-hetero) is 1. The average molecular weight is 413 g/mol. The lowest BCUT2D eigenvalue weighted by Crippen LogP contribution is -2.34. The Bertz CT molecular complexity index is 911. The number of nitrogens with zero attached hydrogens (tertiary/aromatic N) is 1. The van der Waals surface area contributed by atoms with Gasteiger partial charge in [-0.25, -0.2) is 4.39 Å². The molecule has 1 unspecified atom stereocenters. The lowest BCUT2D eigenvalue weighted by molar-refractivity contribution is -0.130. The van der Waals surface area contributed by atoms with Crippen LogP contribution in [0.3, 0.4) is 0 Å². The second-order valence-corrected chi connectivity index (χ2v) is 6.96. The van der Waals surface area contributed by atoms with Crippen molar-refractivity contribution >= 4 is 11.7 Å². The van der Waals surface area contributed by atoms with Crippen LogP contribution in [-0.2, 0) is 20.7 Å². The summed E-state index contributed by atoms with van der Waals surface area (Å²) < 4.78 is 18.7. The molecule has 1 amide bonds. The van der Waals surface area contributed by atoms with Gasteiger partial charge in [-0.3, -0.25) is 9.59 Å². The monoisotopic (exact) mass is 413 g/mol. The highest BCUT2D eigenvalue weighted by Gasteiger charge is 2.42. The maximum Gasteiger partial charge on any atom is 0.290 e. The summed E-state index contributed by atoms with van der Waals surface area (Å²) in [5.41, 5.74) is 1.52. The fourth-order valence-electron chi connectivity index (χ4n) is 3.53. The molecular weight excluding hydrogens is 389 g/mol. The third-order valence-corrected chi connectivity index (χ3v) is 4.99. The molecule has 0 saturated carbocycles. The lowest BCUT2D eigenvalue weighted by Gasteiger charge is -2.26. The van der Waals surface area contributed by atoms with Gasteiger partial charge in [0.2, 0.25) is 0 Å². The van der Waals surface area contributed by atoms with Gasteiger partial charge < -0.3 is 19.8 Å². The quantitative estimate of drug-likeness (QED) is 0.585. The maximum atomic E-state index is 13.4. The molecule has 1 atom stereocenters. The summed E-state index contributed by atoms with van der Waals surface area (Å²) in [5.74, 6) is -2.02. The molecule has 30 heavy (non-hydrogen) atoms. The number of carbonyl (C=O) groups is 2. The number of benzene rings is 2. The molecule has 0 fully saturated rings. The van der Waals surface area contributed by atoms with Crippen LogP contribution in [0.4, 0.5) is 4.39 Å². The van der Waals surface area contributed by atoms with E-state index in [0.29, 0.717) is 12.0 Å². The third kappa shape index (κ3) is 4.93. The zero-order valence-electron chi connectivity index (χ0n) is 16.5. The molecule has 1 heterocycles. The number of halogens is 1. The number of ether oxygens (including phenoxy) is 1. The van der Waals surface area contributed by atoms with Gasteiger partial charge in [-0.1, -0.05) is 42.5 Å². The Kier molecular flexibility index (Phi) is 7.32. The molecule has 158 valence electrons. The van der Waals surface area contributed by atoms with Crippen molar-refractivity contribution in [2.45, 2.75) is 18.9 Å². The third-order valence-electron chi connectivity index (χ3n) is 4.99. The standard InChI is InChI=1S/C23H24FNO5/c24-18-9-7-17(8-10-18)21-20(19(27)11-6-16-4-2-1-3-5-16)22(28)23(29)25(21)12-14-30-15-13-26/h1-5,7-10,21,26,28H,6,11-15H2. The predicted octanol–water partition coefficient (Wildman–Crippen LogP) is 2.73. The van der Waals surface area contributed by atoms with Crippen molar-refractivity contribution in [2.75, 3.05) is 26.4 Å². The summed E-state index contributed by atoms with van der Waals surface area (Å²) in [6.07, 6.45) is 0.601. The summed E-state index contributed by atoms with van der Waals surface area (Å²) in [5, 5.41) is 19.3. The van der Waals surface area contributed by atoms with Crippen LogP contribution < -0.4 is 0 Å². The molecule has 2 aromatic rings. The van der Waals surface area contributed by atoms with Crippen LogP contribution in [0.25, 0.3) is 0 Å². The summed E-state index contributed by atoms with van der Waals surface area (Å²) in [6.45, 7) is 0.205. The number of hydrogen-bond donors (Lipinski definition) is 2. The fraction of sp³-hybridized carbons (Fsp3) is 0.304. The van der Waals surface area contributed by atoms with E-state index in [2.05, 4.69) is 0 Å². The number of aliphatic hydroxyl groups excluding tert-OH is 2. The van der Waals surface area contributed by atoms with Gasteiger partial charge in [0.15, 0.2) is 11.5 Å². The van der Waals surface area contributed by atoms with E-state index in [1.54, 1.807) is 0 Å². The molecule has 0 aromatic heterocycles. The highest BCUT2D eigenvalue weighted by molar-refractivity contribution is 6.09. The molecule has 1 aliphatic heterocycles. The molecule has 3 rings (SSSR count). The van der Waals surface area contributed by atoms with Gasteiger partial charge in [-0.15, -0.1) is 0 Å². The smallest absolute Gasteiger partial charge is 0.290 e. The molecule has 0 aliphatic carbocycles. The van der Waals surface area contributed by atoms with E-state index in [0.717, 1.165) is 5.56 Å². The summed E-state index contributed by atoms with van der Waals surface area (Å²) in [7, 11) is 0. The summed E-state index contributed by atoms with van der Waals surface area (Å²) in [4.78, 5) is 27.1. The first-order valence-corrected chi connectivity index (χ1v) is 9.78. The first-order valence-electron chi connectivity index (χ1n) is 9.78. The number of hydrogen-bond acceptors (Lipinski definition) is 5. The van der Waals surface area contributed by atoms with Crippen molar-refractivity contribution in [3.63, 3.8) is 0 Å².